The molecule has 0 radical (unpaired) electrons. The van der Waals surface area contributed by atoms with E-state index in [1.54, 1.807) is 0 Å². The highest BCUT2D eigenvalue weighted by atomic mass is 16.5. The van der Waals surface area contributed by atoms with Crippen molar-refractivity contribution in [1.29, 1.82) is 0 Å². The number of esters is 1. The first-order valence-corrected chi connectivity index (χ1v) is 9.97. The van der Waals surface area contributed by atoms with Crippen molar-refractivity contribution in [3.8, 4) is 0 Å². The summed E-state index contributed by atoms with van der Waals surface area (Å²) in [7, 11) is 0. The maximum atomic E-state index is 12.1. The van der Waals surface area contributed by atoms with Gasteiger partial charge in [0.15, 0.2) is 0 Å². The fourth-order valence-electron chi connectivity index (χ4n) is 3.68. The Hall–Kier alpha value is -1.06. The van der Waals surface area contributed by atoms with Gasteiger partial charge in [-0.3, -0.25) is 9.59 Å². The molecule has 1 fully saturated rings. The zero-order chi connectivity index (χ0) is 17.8. The van der Waals surface area contributed by atoms with Crippen LogP contribution in [0.25, 0.3) is 0 Å². The van der Waals surface area contributed by atoms with Gasteiger partial charge in [0.05, 0.1) is 18.4 Å². The highest BCUT2D eigenvalue weighted by molar-refractivity contribution is 5.75. The molecule has 1 aliphatic rings. The molecule has 24 heavy (non-hydrogen) atoms. The van der Waals surface area contributed by atoms with E-state index in [4.69, 9.17) is 9.84 Å². The molecular weight excluding hydrogens is 304 g/mol. The molecule has 0 spiro atoms. The first-order chi connectivity index (χ1) is 11.6. The molecule has 3 atom stereocenters. The van der Waals surface area contributed by atoms with Crippen LogP contribution in [-0.2, 0) is 14.3 Å². The van der Waals surface area contributed by atoms with Crippen molar-refractivity contribution in [2.75, 3.05) is 6.61 Å². The average molecular weight is 341 g/mol. The molecule has 0 aliphatic heterocycles. The molecule has 4 heteroatoms. The molecule has 1 aliphatic carbocycles. The lowest BCUT2D eigenvalue weighted by atomic mass is 9.81. The van der Waals surface area contributed by atoms with Gasteiger partial charge in [-0.25, -0.2) is 0 Å². The minimum absolute atomic E-state index is 0.185. The number of unbranched alkanes of at least 4 members (excludes halogenated alkanes) is 3. The molecule has 1 saturated carbocycles. The number of aliphatic carboxylic acids is 1. The summed E-state index contributed by atoms with van der Waals surface area (Å²) in [6.45, 7) is 5.00. The van der Waals surface area contributed by atoms with Crippen LogP contribution in [0.5, 0.6) is 0 Å². The molecule has 1 rings (SSSR count). The SMILES string of the molecule is CCCCC(CC)CCCCCOC(=O)C1CCCC(C(=O)O)C1. The molecule has 1 N–H and O–H groups in total. The molecule has 0 bridgehead atoms. The number of carboxylic acid groups (broad SMARTS) is 1. The van der Waals surface area contributed by atoms with Crippen molar-refractivity contribution >= 4 is 11.9 Å². The predicted molar refractivity (Wildman–Crippen MR) is 95.8 cm³/mol. The predicted octanol–water partition coefficient (Wildman–Crippen LogP) is 5.20. The van der Waals surface area contributed by atoms with E-state index in [1.165, 1.54) is 38.5 Å². The standard InChI is InChI=1S/C20H36O4/c1-3-5-10-16(4-2)11-7-6-8-14-24-20(23)18-13-9-12-17(15-18)19(21)22/h16-18H,3-15H2,1-2H3,(H,21,22). The molecule has 0 aromatic heterocycles. The second kappa shape index (κ2) is 12.3. The van der Waals surface area contributed by atoms with Crippen molar-refractivity contribution in [3.63, 3.8) is 0 Å². The van der Waals surface area contributed by atoms with E-state index in [0.29, 0.717) is 19.4 Å². The highest BCUT2D eigenvalue weighted by Gasteiger charge is 2.31. The zero-order valence-electron chi connectivity index (χ0n) is 15.6. The van der Waals surface area contributed by atoms with Gasteiger partial charge < -0.3 is 9.84 Å². The maximum absolute atomic E-state index is 12.1. The van der Waals surface area contributed by atoms with Crippen LogP contribution in [0.15, 0.2) is 0 Å². The molecule has 0 saturated heterocycles. The van der Waals surface area contributed by atoms with Gasteiger partial charge in [0.1, 0.15) is 0 Å². The fourth-order valence-corrected chi connectivity index (χ4v) is 3.68. The van der Waals surface area contributed by atoms with Crippen LogP contribution in [0.4, 0.5) is 0 Å². The quantitative estimate of drug-likeness (QED) is 0.392. The van der Waals surface area contributed by atoms with Crippen LogP contribution >= 0.6 is 0 Å². The summed E-state index contributed by atoms with van der Waals surface area (Å²) >= 11 is 0. The second-order valence-electron chi connectivity index (χ2n) is 7.33. The van der Waals surface area contributed by atoms with Gasteiger partial charge in [-0.1, -0.05) is 65.2 Å². The Kier molecular flexibility index (Phi) is 10.8. The monoisotopic (exact) mass is 340 g/mol. The van der Waals surface area contributed by atoms with Gasteiger partial charge in [0, 0.05) is 0 Å². The van der Waals surface area contributed by atoms with Crippen LogP contribution in [-0.4, -0.2) is 23.7 Å². The van der Waals surface area contributed by atoms with Gasteiger partial charge in [-0.2, -0.15) is 0 Å². The lowest BCUT2D eigenvalue weighted by Crippen LogP contribution is -2.28. The lowest BCUT2D eigenvalue weighted by molar-refractivity contribution is -0.152. The van der Waals surface area contributed by atoms with Gasteiger partial charge in [-0.15, -0.1) is 0 Å². The van der Waals surface area contributed by atoms with Gasteiger partial charge in [0.2, 0.25) is 0 Å². The molecular formula is C20H36O4. The Morgan fingerprint density at radius 3 is 2.42 bits per heavy atom. The fraction of sp³-hybridized carbons (Fsp3) is 0.900. The summed E-state index contributed by atoms with van der Waals surface area (Å²) in [4.78, 5) is 23.1. The van der Waals surface area contributed by atoms with E-state index in [1.807, 2.05) is 0 Å². The molecule has 0 amide bonds. The number of carbonyl (C=O) groups excluding carboxylic acids is 1. The zero-order valence-corrected chi connectivity index (χ0v) is 15.6. The van der Waals surface area contributed by atoms with Crippen molar-refractivity contribution in [3.05, 3.63) is 0 Å². The highest BCUT2D eigenvalue weighted by Crippen LogP contribution is 2.30. The number of carbonyl (C=O) groups is 2. The first kappa shape index (κ1) is 21.0. The Morgan fingerprint density at radius 1 is 1.04 bits per heavy atom. The van der Waals surface area contributed by atoms with E-state index in [-0.39, 0.29) is 17.8 Å². The van der Waals surface area contributed by atoms with Crippen LogP contribution in [0.2, 0.25) is 0 Å². The van der Waals surface area contributed by atoms with Crippen LogP contribution in [0.1, 0.15) is 90.9 Å². The van der Waals surface area contributed by atoms with Crippen LogP contribution in [0.3, 0.4) is 0 Å². The van der Waals surface area contributed by atoms with Crippen molar-refractivity contribution < 1.29 is 19.4 Å². The summed E-state index contributed by atoms with van der Waals surface area (Å²) in [5.74, 6) is -0.692. The molecule has 140 valence electrons. The summed E-state index contributed by atoms with van der Waals surface area (Å²) in [6, 6.07) is 0. The minimum atomic E-state index is -0.777. The van der Waals surface area contributed by atoms with Crippen molar-refractivity contribution in [2.45, 2.75) is 90.9 Å². The second-order valence-corrected chi connectivity index (χ2v) is 7.33. The Morgan fingerprint density at radius 2 is 1.75 bits per heavy atom. The summed E-state index contributed by atoms with van der Waals surface area (Å²) in [6.07, 6.45) is 12.5. The van der Waals surface area contributed by atoms with Crippen molar-refractivity contribution in [1.82, 2.24) is 0 Å². The molecule has 0 heterocycles. The lowest BCUT2D eigenvalue weighted by Gasteiger charge is -2.25. The first-order valence-electron chi connectivity index (χ1n) is 9.97. The third-order valence-corrected chi connectivity index (χ3v) is 5.40. The van der Waals surface area contributed by atoms with Crippen LogP contribution < -0.4 is 0 Å². The maximum Gasteiger partial charge on any atom is 0.308 e. The summed E-state index contributed by atoms with van der Waals surface area (Å²) in [5.41, 5.74) is 0. The summed E-state index contributed by atoms with van der Waals surface area (Å²) in [5, 5.41) is 9.08. The van der Waals surface area contributed by atoms with E-state index < -0.39 is 5.97 Å². The number of rotatable bonds is 12. The van der Waals surface area contributed by atoms with E-state index in [2.05, 4.69) is 13.8 Å². The van der Waals surface area contributed by atoms with E-state index >= 15 is 0 Å². The number of carboxylic acids is 1. The van der Waals surface area contributed by atoms with Crippen LogP contribution in [0, 0.1) is 17.8 Å². The van der Waals surface area contributed by atoms with E-state index in [9.17, 15) is 9.59 Å². The number of hydrogen-bond donors (Lipinski definition) is 1. The number of hydrogen-bond acceptors (Lipinski definition) is 3. The normalized spacial score (nSPS) is 22.1. The third kappa shape index (κ3) is 8.16. The van der Waals surface area contributed by atoms with Gasteiger partial charge >= 0.3 is 11.9 Å². The Balaban J connectivity index is 2.10. The third-order valence-electron chi connectivity index (χ3n) is 5.40. The topological polar surface area (TPSA) is 63.6 Å². The van der Waals surface area contributed by atoms with E-state index in [0.717, 1.165) is 31.6 Å². The molecule has 4 nitrogen and oxygen atoms in total. The Bertz CT molecular complexity index is 367. The molecule has 0 aromatic rings. The van der Waals surface area contributed by atoms with Gasteiger partial charge in [0.25, 0.3) is 0 Å². The van der Waals surface area contributed by atoms with Gasteiger partial charge in [-0.05, 0) is 31.6 Å². The van der Waals surface area contributed by atoms with Crippen molar-refractivity contribution in [2.24, 2.45) is 17.8 Å². The molecule has 3 unspecified atom stereocenters. The summed E-state index contributed by atoms with van der Waals surface area (Å²) < 4.78 is 5.38. The smallest absolute Gasteiger partial charge is 0.308 e. The Labute approximate surface area is 147 Å². The minimum Gasteiger partial charge on any atom is -0.481 e. The molecule has 0 aromatic carbocycles. The average Bonchev–Trinajstić information content (AvgIpc) is 2.60. The number of ether oxygens (including phenoxy) is 1. The largest absolute Gasteiger partial charge is 0.481 e.